The molecule has 10 heteroatoms. The smallest absolute Gasteiger partial charge is 0.408 e. The van der Waals surface area contributed by atoms with E-state index in [0.717, 1.165) is 5.56 Å². The highest BCUT2D eigenvalue weighted by Crippen LogP contribution is 2.41. The van der Waals surface area contributed by atoms with Crippen molar-refractivity contribution < 1.29 is 33.8 Å². The van der Waals surface area contributed by atoms with Crippen molar-refractivity contribution in [1.29, 1.82) is 0 Å². The normalized spacial score (nSPS) is 18.7. The lowest BCUT2D eigenvalue weighted by Gasteiger charge is -2.37. The fourth-order valence-electron chi connectivity index (χ4n) is 5.25. The number of hydrogen-bond donors (Lipinski definition) is 3. The molecule has 0 aromatic heterocycles. The lowest BCUT2D eigenvalue weighted by Crippen LogP contribution is -2.57. The number of phenols is 1. The van der Waals surface area contributed by atoms with Crippen LogP contribution in [0.2, 0.25) is 0 Å². The van der Waals surface area contributed by atoms with Gasteiger partial charge >= 0.3 is 12.1 Å². The van der Waals surface area contributed by atoms with Gasteiger partial charge in [-0.15, -0.1) is 0 Å². The van der Waals surface area contributed by atoms with Gasteiger partial charge in [0.1, 0.15) is 35.1 Å². The summed E-state index contributed by atoms with van der Waals surface area (Å²) in [6, 6.07) is 11.9. The minimum atomic E-state index is -1.22. The number of carbonyl (C=O) groups excluding carboxylic acids is 4. The van der Waals surface area contributed by atoms with E-state index in [9.17, 15) is 24.3 Å². The Kier molecular flexibility index (Phi) is 11.9. The van der Waals surface area contributed by atoms with Crippen LogP contribution in [0, 0.1) is 11.8 Å². The molecule has 1 aliphatic carbocycles. The number of nitrogens with zero attached hydrogens (tertiary/aromatic N) is 1. The Morgan fingerprint density at radius 1 is 0.935 bits per heavy atom. The Morgan fingerprint density at radius 2 is 1.54 bits per heavy atom. The molecule has 2 aromatic rings. The van der Waals surface area contributed by atoms with E-state index in [0.29, 0.717) is 18.4 Å². The standard InChI is InChI=1S/C36H51N3O7/c1-10-22(2)29(38-34(44)46-36(7,8)9)32(42)39(28-19-23(28)3)30(25-17-14-18-26(40)21-25)31(41)37-27(33(43)45-35(4,5)6)20-24-15-12-11-13-16-24/h11-18,21-23,27-30,40H,10,19-20H2,1-9H3,(H,37,41)(H,38,44). The SMILES string of the molecule is CCC(C)C(NC(=O)OC(C)(C)C)C(=O)N(C(C(=O)NC(Cc1ccccc1)C(=O)OC(C)(C)C)c1cccc(O)c1)C1CC1C. The van der Waals surface area contributed by atoms with Gasteiger partial charge in [-0.2, -0.15) is 0 Å². The first-order chi connectivity index (χ1) is 21.4. The number of hydrogen-bond acceptors (Lipinski definition) is 7. The van der Waals surface area contributed by atoms with E-state index in [1.54, 1.807) is 53.7 Å². The van der Waals surface area contributed by atoms with Crippen molar-refractivity contribution in [3.05, 3.63) is 65.7 Å². The van der Waals surface area contributed by atoms with Crippen molar-refractivity contribution in [1.82, 2.24) is 15.5 Å². The summed E-state index contributed by atoms with van der Waals surface area (Å²) in [6.45, 7) is 16.2. The number of ether oxygens (including phenoxy) is 2. The summed E-state index contributed by atoms with van der Waals surface area (Å²) >= 11 is 0. The van der Waals surface area contributed by atoms with Gasteiger partial charge in [-0.05, 0) is 83.1 Å². The minimum Gasteiger partial charge on any atom is -0.508 e. The maximum absolute atomic E-state index is 14.6. The molecule has 0 radical (unpaired) electrons. The molecule has 3 N–H and O–H groups in total. The molecule has 1 fully saturated rings. The molecule has 0 saturated heterocycles. The van der Waals surface area contributed by atoms with Gasteiger partial charge in [0.05, 0.1) is 0 Å². The lowest BCUT2D eigenvalue weighted by molar-refractivity contribution is -0.159. The zero-order valence-electron chi connectivity index (χ0n) is 28.6. The average molecular weight is 638 g/mol. The van der Waals surface area contributed by atoms with Gasteiger partial charge in [0, 0.05) is 12.5 Å². The highest BCUT2D eigenvalue weighted by Gasteiger charge is 2.49. The first-order valence-corrected chi connectivity index (χ1v) is 16.1. The predicted molar refractivity (Wildman–Crippen MR) is 176 cm³/mol. The molecule has 1 aliphatic rings. The molecule has 3 amide bonds. The average Bonchev–Trinajstić information content (AvgIpc) is 3.67. The molecule has 6 atom stereocenters. The molecule has 0 spiro atoms. The van der Waals surface area contributed by atoms with E-state index in [1.807, 2.05) is 51.1 Å². The van der Waals surface area contributed by atoms with E-state index in [4.69, 9.17) is 9.47 Å². The summed E-state index contributed by atoms with van der Waals surface area (Å²) in [7, 11) is 0. The highest BCUT2D eigenvalue weighted by molar-refractivity contribution is 5.94. The topological polar surface area (TPSA) is 134 Å². The number of benzene rings is 2. The van der Waals surface area contributed by atoms with Gasteiger partial charge in [0.25, 0.3) is 0 Å². The van der Waals surface area contributed by atoms with Crippen molar-refractivity contribution >= 4 is 23.9 Å². The van der Waals surface area contributed by atoms with Gasteiger partial charge in [0.15, 0.2) is 0 Å². The number of nitrogens with one attached hydrogen (secondary N) is 2. The maximum atomic E-state index is 14.6. The molecule has 252 valence electrons. The summed E-state index contributed by atoms with van der Waals surface area (Å²) < 4.78 is 11.2. The molecule has 10 nitrogen and oxygen atoms in total. The van der Waals surface area contributed by atoms with Crippen LogP contribution in [0.3, 0.4) is 0 Å². The molecular formula is C36H51N3O7. The first-order valence-electron chi connectivity index (χ1n) is 16.1. The van der Waals surface area contributed by atoms with Crippen LogP contribution in [0.15, 0.2) is 54.6 Å². The Balaban J connectivity index is 2.07. The summed E-state index contributed by atoms with van der Waals surface area (Å²) in [6.07, 6.45) is 0.646. The number of amides is 3. The van der Waals surface area contributed by atoms with Crippen LogP contribution in [-0.4, -0.2) is 63.2 Å². The van der Waals surface area contributed by atoms with Crippen molar-refractivity contribution in [2.45, 2.75) is 117 Å². The molecule has 0 aliphatic heterocycles. The molecule has 0 bridgehead atoms. The number of carbonyl (C=O) groups is 4. The van der Waals surface area contributed by atoms with Crippen LogP contribution in [0.25, 0.3) is 0 Å². The lowest BCUT2D eigenvalue weighted by atomic mass is 9.95. The Hall–Kier alpha value is -4.08. The largest absolute Gasteiger partial charge is 0.508 e. The molecule has 0 heterocycles. The second-order valence-corrected chi connectivity index (χ2v) is 14.3. The third-order valence-electron chi connectivity index (χ3n) is 7.83. The van der Waals surface area contributed by atoms with Gasteiger partial charge in [-0.3, -0.25) is 9.59 Å². The van der Waals surface area contributed by atoms with E-state index < -0.39 is 53.2 Å². The summed E-state index contributed by atoms with van der Waals surface area (Å²) in [5.74, 6) is -1.95. The summed E-state index contributed by atoms with van der Waals surface area (Å²) in [5.41, 5.74) is -0.400. The zero-order chi connectivity index (χ0) is 34.4. The molecule has 1 saturated carbocycles. The number of phenolic OH excluding ortho intramolecular Hbond substituents is 1. The molecule has 3 rings (SSSR count). The van der Waals surface area contributed by atoms with Crippen molar-refractivity contribution in [2.75, 3.05) is 0 Å². The van der Waals surface area contributed by atoms with Gasteiger partial charge in [0.2, 0.25) is 11.8 Å². The highest BCUT2D eigenvalue weighted by atomic mass is 16.6. The van der Waals surface area contributed by atoms with Crippen LogP contribution in [-0.2, 0) is 30.3 Å². The zero-order valence-corrected chi connectivity index (χ0v) is 28.6. The number of alkyl carbamates (subject to hydrolysis) is 1. The van der Waals surface area contributed by atoms with Crippen LogP contribution in [0.4, 0.5) is 4.79 Å². The van der Waals surface area contributed by atoms with Gasteiger partial charge in [-0.25, -0.2) is 9.59 Å². The minimum absolute atomic E-state index is 0.0788. The van der Waals surface area contributed by atoms with E-state index in [2.05, 4.69) is 10.6 Å². The van der Waals surface area contributed by atoms with Gasteiger partial charge in [-0.1, -0.05) is 69.7 Å². The molecular weight excluding hydrogens is 586 g/mol. The number of rotatable bonds is 12. The quantitative estimate of drug-likeness (QED) is 0.255. The second-order valence-electron chi connectivity index (χ2n) is 14.3. The fraction of sp³-hybridized carbons (Fsp3) is 0.556. The monoisotopic (exact) mass is 637 g/mol. The summed E-state index contributed by atoms with van der Waals surface area (Å²) in [4.78, 5) is 57.0. The van der Waals surface area contributed by atoms with Crippen molar-refractivity contribution in [3.63, 3.8) is 0 Å². The first kappa shape index (κ1) is 36.4. The van der Waals surface area contributed by atoms with E-state index in [-0.39, 0.29) is 30.0 Å². The molecule has 2 aromatic carbocycles. The maximum Gasteiger partial charge on any atom is 0.408 e. The Bertz CT molecular complexity index is 1370. The predicted octanol–water partition coefficient (Wildman–Crippen LogP) is 5.68. The molecule has 46 heavy (non-hydrogen) atoms. The van der Waals surface area contributed by atoms with Crippen LogP contribution in [0.5, 0.6) is 5.75 Å². The van der Waals surface area contributed by atoms with Crippen LogP contribution >= 0.6 is 0 Å². The van der Waals surface area contributed by atoms with Crippen LogP contribution in [0.1, 0.15) is 92.3 Å². The Labute approximate surface area is 273 Å². The Morgan fingerprint density at radius 3 is 2.07 bits per heavy atom. The number of esters is 1. The van der Waals surface area contributed by atoms with E-state index in [1.165, 1.54) is 17.0 Å². The molecule has 6 unspecified atom stereocenters. The van der Waals surface area contributed by atoms with Crippen molar-refractivity contribution in [2.24, 2.45) is 11.8 Å². The van der Waals surface area contributed by atoms with Crippen molar-refractivity contribution in [3.8, 4) is 5.75 Å². The van der Waals surface area contributed by atoms with Crippen LogP contribution < -0.4 is 10.6 Å². The fourth-order valence-corrected chi connectivity index (χ4v) is 5.25. The third kappa shape index (κ3) is 10.5. The second kappa shape index (κ2) is 15.0. The third-order valence-corrected chi connectivity index (χ3v) is 7.83. The number of aromatic hydroxyl groups is 1. The summed E-state index contributed by atoms with van der Waals surface area (Å²) in [5, 5.41) is 16.1. The van der Waals surface area contributed by atoms with Gasteiger partial charge < -0.3 is 30.1 Å². The van der Waals surface area contributed by atoms with E-state index >= 15 is 0 Å².